The van der Waals surface area contributed by atoms with E-state index < -0.39 is 5.97 Å². The van der Waals surface area contributed by atoms with Crippen LogP contribution < -0.4 is 4.74 Å². The minimum absolute atomic E-state index is 0.267. The van der Waals surface area contributed by atoms with Crippen molar-refractivity contribution in [1.29, 1.82) is 5.26 Å². The van der Waals surface area contributed by atoms with Crippen LogP contribution >= 0.6 is 0 Å². The van der Waals surface area contributed by atoms with Gasteiger partial charge in [-0.2, -0.15) is 5.26 Å². The molecule has 2 aromatic carbocycles. The van der Waals surface area contributed by atoms with E-state index in [0.29, 0.717) is 23.5 Å². The van der Waals surface area contributed by atoms with Crippen LogP contribution in [0.3, 0.4) is 0 Å². The second-order valence-corrected chi connectivity index (χ2v) is 4.38. The number of carbonyl (C=O) groups is 1. The summed E-state index contributed by atoms with van der Waals surface area (Å²) in [6.45, 7) is 2.06. The molecule has 0 aliphatic rings. The standard InChI is InChI=1S/C16H13NO3/c1-11-7-14(5-6-15(11)16(18)19)20-10-13-4-2-3-12(8-13)9-17/h2-8H,10H2,1H3,(H,18,19). The quantitative estimate of drug-likeness (QED) is 0.923. The van der Waals surface area contributed by atoms with E-state index in [4.69, 9.17) is 15.1 Å². The molecular weight excluding hydrogens is 254 g/mol. The maximum absolute atomic E-state index is 10.9. The van der Waals surface area contributed by atoms with Crippen LogP contribution in [0.15, 0.2) is 42.5 Å². The fraction of sp³-hybridized carbons (Fsp3) is 0.125. The summed E-state index contributed by atoms with van der Waals surface area (Å²) in [5.41, 5.74) is 2.40. The predicted octanol–water partition coefficient (Wildman–Crippen LogP) is 3.14. The normalized spacial score (nSPS) is 9.80. The Morgan fingerprint density at radius 1 is 1.30 bits per heavy atom. The molecule has 2 rings (SSSR count). The van der Waals surface area contributed by atoms with Gasteiger partial charge in [0.2, 0.25) is 0 Å². The van der Waals surface area contributed by atoms with E-state index in [0.717, 1.165) is 5.56 Å². The molecular formula is C16H13NO3. The van der Waals surface area contributed by atoms with Crippen LogP contribution in [-0.2, 0) is 6.61 Å². The number of aromatic carboxylic acids is 1. The molecule has 0 atom stereocenters. The monoisotopic (exact) mass is 267 g/mol. The van der Waals surface area contributed by atoms with E-state index in [1.165, 1.54) is 6.07 Å². The third-order valence-electron chi connectivity index (χ3n) is 2.89. The van der Waals surface area contributed by atoms with E-state index in [-0.39, 0.29) is 5.56 Å². The molecule has 0 aliphatic carbocycles. The van der Waals surface area contributed by atoms with Gasteiger partial charge in [0.25, 0.3) is 0 Å². The topological polar surface area (TPSA) is 70.3 Å². The van der Waals surface area contributed by atoms with Gasteiger partial charge in [-0.25, -0.2) is 4.79 Å². The molecule has 0 radical (unpaired) electrons. The number of ether oxygens (including phenoxy) is 1. The van der Waals surface area contributed by atoms with E-state index in [2.05, 4.69) is 6.07 Å². The lowest BCUT2D eigenvalue weighted by molar-refractivity contribution is 0.0696. The second kappa shape index (κ2) is 5.89. The van der Waals surface area contributed by atoms with Crippen molar-refractivity contribution in [1.82, 2.24) is 0 Å². The number of hydrogen-bond acceptors (Lipinski definition) is 3. The molecule has 4 nitrogen and oxygen atoms in total. The third-order valence-corrected chi connectivity index (χ3v) is 2.89. The summed E-state index contributed by atoms with van der Waals surface area (Å²) < 4.78 is 5.60. The summed E-state index contributed by atoms with van der Waals surface area (Å²) >= 11 is 0. The van der Waals surface area contributed by atoms with Crippen molar-refractivity contribution >= 4 is 5.97 Å². The van der Waals surface area contributed by atoms with E-state index in [9.17, 15) is 4.79 Å². The summed E-state index contributed by atoms with van der Waals surface area (Å²) in [6, 6.07) is 14.1. The second-order valence-electron chi connectivity index (χ2n) is 4.38. The molecule has 0 aliphatic heterocycles. The number of carboxylic acids is 1. The third kappa shape index (κ3) is 3.15. The van der Waals surface area contributed by atoms with Crippen LogP contribution in [0.5, 0.6) is 5.75 Å². The molecule has 0 spiro atoms. The van der Waals surface area contributed by atoms with E-state index in [1.807, 2.05) is 6.07 Å². The van der Waals surface area contributed by atoms with Crippen LogP contribution in [0.25, 0.3) is 0 Å². The van der Waals surface area contributed by atoms with Crippen molar-refractivity contribution in [2.75, 3.05) is 0 Å². The van der Waals surface area contributed by atoms with E-state index in [1.54, 1.807) is 37.3 Å². The lowest BCUT2D eigenvalue weighted by Crippen LogP contribution is -2.01. The van der Waals surface area contributed by atoms with Gasteiger partial charge < -0.3 is 9.84 Å². The Morgan fingerprint density at radius 2 is 2.10 bits per heavy atom. The molecule has 20 heavy (non-hydrogen) atoms. The van der Waals surface area contributed by atoms with Gasteiger partial charge in [0, 0.05) is 0 Å². The smallest absolute Gasteiger partial charge is 0.335 e. The maximum atomic E-state index is 10.9. The average molecular weight is 267 g/mol. The maximum Gasteiger partial charge on any atom is 0.335 e. The highest BCUT2D eigenvalue weighted by Crippen LogP contribution is 2.18. The van der Waals surface area contributed by atoms with Gasteiger partial charge in [-0.1, -0.05) is 12.1 Å². The minimum Gasteiger partial charge on any atom is -0.489 e. The molecule has 2 aromatic rings. The Bertz CT molecular complexity index is 686. The Labute approximate surface area is 116 Å². The Kier molecular flexibility index (Phi) is 4.02. The van der Waals surface area contributed by atoms with Crippen LogP contribution in [-0.4, -0.2) is 11.1 Å². The molecule has 4 heteroatoms. The highest BCUT2D eigenvalue weighted by Gasteiger charge is 2.07. The van der Waals surface area contributed by atoms with Gasteiger partial charge in [0.15, 0.2) is 0 Å². The van der Waals surface area contributed by atoms with Crippen molar-refractivity contribution in [2.45, 2.75) is 13.5 Å². The van der Waals surface area contributed by atoms with Gasteiger partial charge in [-0.15, -0.1) is 0 Å². The van der Waals surface area contributed by atoms with E-state index >= 15 is 0 Å². The number of aryl methyl sites for hydroxylation is 1. The molecule has 0 unspecified atom stereocenters. The average Bonchev–Trinajstić information content (AvgIpc) is 2.45. The van der Waals surface area contributed by atoms with Gasteiger partial charge >= 0.3 is 5.97 Å². The lowest BCUT2D eigenvalue weighted by Gasteiger charge is -2.08. The molecule has 0 fully saturated rings. The highest BCUT2D eigenvalue weighted by molar-refractivity contribution is 5.89. The summed E-state index contributed by atoms with van der Waals surface area (Å²) in [4.78, 5) is 10.9. The first-order valence-corrected chi connectivity index (χ1v) is 6.06. The Hall–Kier alpha value is -2.80. The number of benzene rings is 2. The first-order chi connectivity index (χ1) is 9.60. The zero-order chi connectivity index (χ0) is 14.5. The molecule has 0 bridgehead atoms. The fourth-order valence-corrected chi connectivity index (χ4v) is 1.86. The molecule has 0 saturated heterocycles. The Morgan fingerprint density at radius 3 is 2.75 bits per heavy atom. The largest absolute Gasteiger partial charge is 0.489 e. The lowest BCUT2D eigenvalue weighted by atomic mass is 10.1. The van der Waals surface area contributed by atoms with Gasteiger partial charge in [0.05, 0.1) is 17.2 Å². The Balaban J connectivity index is 2.09. The van der Waals surface area contributed by atoms with Crippen molar-refractivity contribution in [3.8, 4) is 11.8 Å². The van der Waals surface area contributed by atoms with Crippen molar-refractivity contribution in [3.63, 3.8) is 0 Å². The molecule has 0 saturated carbocycles. The predicted molar refractivity (Wildman–Crippen MR) is 73.6 cm³/mol. The number of nitrogens with zero attached hydrogens (tertiary/aromatic N) is 1. The SMILES string of the molecule is Cc1cc(OCc2cccc(C#N)c2)ccc1C(=O)O. The van der Waals surface area contributed by atoms with Gasteiger partial charge in [0.1, 0.15) is 12.4 Å². The van der Waals surface area contributed by atoms with Crippen LogP contribution in [0.1, 0.15) is 27.0 Å². The highest BCUT2D eigenvalue weighted by atomic mass is 16.5. The number of rotatable bonds is 4. The van der Waals surface area contributed by atoms with Crippen molar-refractivity contribution < 1.29 is 14.6 Å². The molecule has 100 valence electrons. The summed E-state index contributed by atoms with van der Waals surface area (Å²) in [5, 5.41) is 17.8. The number of nitriles is 1. The fourth-order valence-electron chi connectivity index (χ4n) is 1.86. The summed E-state index contributed by atoms with van der Waals surface area (Å²) in [6.07, 6.45) is 0. The summed E-state index contributed by atoms with van der Waals surface area (Å²) in [5.74, 6) is -0.342. The minimum atomic E-state index is -0.948. The molecule has 0 amide bonds. The van der Waals surface area contributed by atoms with Crippen molar-refractivity contribution in [3.05, 3.63) is 64.7 Å². The van der Waals surface area contributed by atoms with Gasteiger partial charge in [-0.05, 0) is 48.4 Å². The first kappa shape index (κ1) is 13.6. The summed E-state index contributed by atoms with van der Waals surface area (Å²) in [7, 11) is 0. The number of carboxylic acid groups (broad SMARTS) is 1. The zero-order valence-electron chi connectivity index (χ0n) is 11.0. The molecule has 1 N–H and O–H groups in total. The van der Waals surface area contributed by atoms with Crippen LogP contribution in [0, 0.1) is 18.3 Å². The zero-order valence-corrected chi connectivity index (χ0v) is 11.0. The molecule has 0 heterocycles. The first-order valence-electron chi connectivity index (χ1n) is 6.06. The van der Waals surface area contributed by atoms with Gasteiger partial charge in [-0.3, -0.25) is 0 Å². The molecule has 0 aromatic heterocycles. The van der Waals surface area contributed by atoms with Crippen LogP contribution in [0.4, 0.5) is 0 Å². The number of hydrogen-bond donors (Lipinski definition) is 1. The van der Waals surface area contributed by atoms with Crippen molar-refractivity contribution in [2.24, 2.45) is 0 Å². The van der Waals surface area contributed by atoms with Crippen LogP contribution in [0.2, 0.25) is 0 Å².